The first-order valence-electron chi connectivity index (χ1n) is 8.06. The summed E-state index contributed by atoms with van der Waals surface area (Å²) in [6.07, 6.45) is 6.55. The van der Waals surface area contributed by atoms with Crippen LogP contribution in [0.1, 0.15) is 49.5 Å². The fraction of sp³-hybridized carbons (Fsp3) is 0.556. The van der Waals surface area contributed by atoms with E-state index < -0.39 is 0 Å². The number of hydrogen-bond donors (Lipinski definition) is 1. The van der Waals surface area contributed by atoms with E-state index in [1.807, 2.05) is 6.92 Å². The second-order valence-corrected chi connectivity index (χ2v) is 7.01. The van der Waals surface area contributed by atoms with Crippen LogP contribution in [0.4, 0.5) is 4.39 Å². The number of hydrogen-bond acceptors (Lipinski definition) is 2. The summed E-state index contributed by atoms with van der Waals surface area (Å²) in [4.78, 5) is 0. The van der Waals surface area contributed by atoms with Crippen molar-refractivity contribution >= 4 is 11.0 Å². The number of furan rings is 1. The van der Waals surface area contributed by atoms with Gasteiger partial charge < -0.3 is 10.2 Å². The number of benzene rings is 1. The zero-order valence-electron chi connectivity index (χ0n) is 12.4. The molecule has 21 heavy (non-hydrogen) atoms. The molecule has 1 aromatic carbocycles. The van der Waals surface area contributed by atoms with Gasteiger partial charge in [0.05, 0.1) is 6.04 Å². The highest BCUT2D eigenvalue weighted by molar-refractivity contribution is 5.82. The van der Waals surface area contributed by atoms with Crippen LogP contribution in [0.25, 0.3) is 11.0 Å². The van der Waals surface area contributed by atoms with E-state index in [4.69, 9.17) is 10.2 Å². The molecule has 4 atom stereocenters. The third kappa shape index (κ3) is 2.18. The first-order valence-corrected chi connectivity index (χ1v) is 8.06. The number of halogens is 1. The number of rotatable bonds is 3. The summed E-state index contributed by atoms with van der Waals surface area (Å²) in [5, 5.41) is 0.855. The van der Waals surface area contributed by atoms with Crippen LogP contribution in [-0.4, -0.2) is 0 Å². The fourth-order valence-electron chi connectivity index (χ4n) is 4.66. The molecule has 2 bridgehead atoms. The maximum atomic E-state index is 13.4. The Kier molecular flexibility index (Phi) is 3.07. The zero-order valence-corrected chi connectivity index (χ0v) is 12.4. The molecule has 2 nitrogen and oxygen atoms in total. The van der Waals surface area contributed by atoms with Crippen molar-refractivity contribution in [1.82, 2.24) is 0 Å². The van der Waals surface area contributed by atoms with Gasteiger partial charge in [0.2, 0.25) is 0 Å². The molecule has 1 heterocycles. The second kappa shape index (κ2) is 4.84. The van der Waals surface area contributed by atoms with E-state index in [1.54, 1.807) is 12.1 Å². The lowest BCUT2D eigenvalue weighted by atomic mass is 9.83. The monoisotopic (exact) mass is 287 g/mol. The van der Waals surface area contributed by atoms with Gasteiger partial charge >= 0.3 is 0 Å². The third-order valence-corrected chi connectivity index (χ3v) is 5.71. The smallest absolute Gasteiger partial charge is 0.134 e. The predicted molar refractivity (Wildman–Crippen MR) is 81.4 cm³/mol. The van der Waals surface area contributed by atoms with Crippen LogP contribution in [0, 0.1) is 30.5 Å². The van der Waals surface area contributed by atoms with Gasteiger partial charge in [-0.25, -0.2) is 4.39 Å². The fourth-order valence-corrected chi connectivity index (χ4v) is 4.66. The minimum atomic E-state index is -0.223. The van der Waals surface area contributed by atoms with Crippen molar-refractivity contribution in [3.63, 3.8) is 0 Å². The van der Waals surface area contributed by atoms with E-state index in [2.05, 4.69) is 0 Å². The van der Waals surface area contributed by atoms with E-state index in [0.29, 0.717) is 0 Å². The van der Waals surface area contributed by atoms with Gasteiger partial charge in [-0.05, 0) is 68.6 Å². The Morgan fingerprint density at radius 3 is 2.90 bits per heavy atom. The standard InChI is InChI=1S/C18H22FNO/c1-10-15-9-14(19)4-5-17(15)21-18(10)16(20)8-13-7-11-2-3-12(13)6-11/h4-5,9,11-13,16H,2-3,6-8,20H2,1H3. The normalized spacial score (nSPS) is 29.4. The lowest BCUT2D eigenvalue weighted by Crippen LogP contribution is -2.19. The molecular weight excluding hydrogens is 265 g/mol. The molecule has 0 radical (unpaired) electrons. The number of nitrogens with two attached hydrogens (primary N) is 1. The quantitative estimate of drug-likeness (QED) is 0.888. The summed E-state index contributed by atoms with van der Waals surface area (Å²) in [6, 6.07) is 4.62. The largest absolute Gasteiger partial charge is 0.459 e. The van der Waals surface area contributed by atoms with Crippen LogP contribution in [0.3, 0.4) is 0 Å². The summed E-state index contributed by atoms with van der Waals surface area (Å²) < 4.78 is 19.3. The molecule has 0 amide bonds. The molecule has 3 heteroatoms. The van der Waals surface area contributed by atoms with Crippen LogP contribution in [0.2, 0.25) is 0 Å². The Balaban J connectivity index is 1.59. The topological polar surface area (TPSA) is 39.2 Å². The Bertz CT molecular complexity index is 677. The molecule has 0 saturated heterocycles. The van der Waals surface area contributed by atoms with Crippen LogP contribution in [-0.2, 0) is 0 Å². The van der Waals surface area contributed by atoms with Crippen LogP contribution >= 0.6 is 0 Å². The van der Waals surface area contributed by atoms with Crippen molar-refractivity contribution in [2.45, 2.75) is 45.1 Å². The van der Waals surface area contributed by atoms with Gasteiger partial charge in [-0.15, -0.1) is 0 Å². The molecule has 4 unspecified atom stereocenters. The van der Waals surface area contributed by atoms with Crippen molar-refractivity contribution in [3.8, 4) is 0 Å². The number of fused-ring (bicyclic) bond motifs is 3. The van der Waals surface area contributed by atoms with E-state index >= 15 is 0 Å². The summed E-state index contributed by atoms with van der Waals surface area (Å²) in [7, 11) is 0. The molecule has 0 aliphatic heterocycles. The van der Waals surface area contributed by atoms with Gasteiger partial charge in [-0.1, -0.05) is 6.42 Å². The molecule has 112 valence electrons. The molecular formula is C18H22FNO. The maximum absolute atomic E-state index is 13.4. The summed E-state index contributed by atoms with van der Waals surface area (Å²) >= 11 is 0. The van der Waals surface area contributed by atoms with Crippen molar-refractivity contribution < 1.29 is 8.81 Å². The van der Waals surface area contributed by atoms with Gasteiger partial charge in [0.25, 0.3) is 0 Å². The lowest BCUT2D eigenvalue weighted by molar-refractivity contribution is 0.285. The van der Waals surface area contributed by atoms with E-state index in [1.165, 1.54) is 31.7 Å². The second-order valence-electron chi connectivity index (χ2n) is 7.01. The highest BCUT2D eigenvalue weighted by Gasteiger charge is 2.40. The Morgan fingerprint density at radius 1 is 1.33 bits per heavy atom. The minimum absolute atomic E-state index is 0.0650. The first kappa shape index (κ1) is 13.3. The molecule has 0 spiro atoms. The predicted octanol–water partition coefficient (Wildman–Crippen LogP) is 4.71. The highest BCUT2D eigenvalue weighted by atomic mass is 19.1. The summed E-state index contributed by atoms with van der Waals surface area (Å²) in [5.74, 6) is 3.20. The van der Waals surface area contributed by atoms with E-state index in [9.17, 15) is 4.39 Å². The van der Waals surface area contributed by atoms with Crippen molar-refractivity contribution in [3.05, 3.63) is 35.3 Å². The average molecular weight is 287 g/mol. The van der Waals surface area contributed by atoms with Crippen molar-refractivity contribution in [2.24, 2.45) is 23.5 Å². The van der Waals surface area contributed by atoms with E-state index in [-0.39, 0.29) is 11.9 Å². The van der Waals surface area contributed by atoms with E-state index in [0.717, 1.165) is 46.5 Å². The lowest BCUT2D eigenvalue weighted by Gasteiger charge is -2.24. The summed E-state index contributed by atoms with van der Waals surface area (Å²) in [5.41, 5.74) is 8.16. The molecule has 2 N–H and O–H groups in total. The van der Waals surface area contributed by atoms with Crippen LogP contribution < -0.4 is 5.73 Å². The summed E-state index contributed by atoms with van der Waals surface area (Å²) in [6.45, 7) is 1.99. The van der Waals surface area contributed by atoms with Gasteiger partial charge in [0, 0.05) is 10.9 Å². The third-order valence-electron chi connectivity index (χ3n) is 5.71. The van der Waals surface area contributed by atoms with Crippen LogP contribution in [0.5, 0.6) is 0 Å². The molecule has 2 aliphatic carbocycles. The molecule has 2 saturated carbocycles. The number of aryl methyl sites for hydroxylation is 1. The van der Waals surface area contributed by atoms with Gasteiger partial charge in [0.1, 0.15) is 17.2 Å². The van der Waals surface area contributed by atoms with Gasteiger partial charge in [-0.2, -0.15) is 0 Å². The SMILES string of the molecule is Cc1c(C(N)CC2CC3CCC2C3)oc2ccc(F)cc12. The molecule has 1 aromatic heterocycles. The average Bonchev–Trinajstić information content (AvgIpc) is 3.14. The Hall–Kier alpha value is -1.35. The van der Waals surface area contributed by atoms with Gasteiger partial charge in [0.15, 0.2) is 0 Å². The highest BCUT2D eigenvalue weighted by Crippen LogP contribution is 2.51. The van der Waals surface area contributed by atoms with Crippen molar-refractivity contribution in [1.29, 1.82) is 0 Å². The maximum Gasteiger partial charge on any atom is 0.134 e. The zero-order chi connectivity index (χ0) is 14.6. The molecule has 2 fully saturated rings. The molecule has 2 aliphatic rings. The molecule has 4 rings (SSSR count). The molecule has 2 aromatic rings. The van der Waals surface area contributed by atoms with Crippen LogP contribution in [0.15, 0.2) is 22.6 Å². The minimum Gasteiger partial charge on any atom is -0.459 e. The first-order chi connectivity index (χ1) is 10.1. The Morgan fingerprint density at radius 2 is 2.19 bits per heavy atom. The van der Waals surface area contributed by atoms with Gasteiger partial charge in [-0.3, -0.25) is 0 Å². The Labute approximate surface area is 124 Å². The van der Waals surface area contributed by atoms with Crippen molar-refractivity contribution in [2.75, 3.05) is 0 Å².